The highest BCUT2D eigenvalue weighted by atomic mass is 16.2. The van der Waals surface area contributed by atoms with Gasteiger partial charge in [-0.3, -0.25) is 9.69 Å². The second kappa shape index (κ2) is 6.76. The molecule has 2 aliphatic carbocycles. The van der Waals surface area contributed by atoms with Crippen molar-refractivity contribution in [3.05, 3.63) is 0 Å². The zero-order valence-electron chi connectivity index (χ0n) is 16.9. The Balaban J connectivity index is 1.25. The van der Waals surface area contributed by atoms with Crippen LogP contribution in [0.25, 0.3) is 0 Å². The van der Waals surface area contributed by atoms with Gasteiger partial charge in [0.25, 0.3) is 0 Å². The van der Waals surface area contributed by atoms with Crippen LogP contribution in [0.1, 0.15) is 40.0 Å². The van der Waals surface area contributed by atoms with Gasteiger partial charge in [-0.2, -0.15) is 4.99 Å². The molecule has 27 heavy (non-hydrogen) atoms. The van der Waals surface area contributed by atoms with Crippen LogP contribution < -0.4 is 5.73 Å². The van der Waals surface area contributed by atoms with Crippen LogP contribution in [-0.4, -0.2) is 77.8 Å². The lowest BCUT2D eigenvalue weighted by molar-refractivity contribution is -0.133. The van der Waals surface area contributed by atoms with E-state index in [4.69, 9.17) is 5.73 Å². The standard InChI is InChI=1S/C20H33N5O2/c1-4-23(5-2)18(26)17-15-9-24(10-16(15)17)14-6-7-20(8-14)11-25(12-20)19(27)22-13(3)21/h14-17H,4-12H2,1-3H3,(H2,21,22,27)/t14?,15-,16?,17?/m1/s1. The van der Waals surface area contributed by atoms with Crippen molar-refractivity contribution in [2.24, 2.45) is 33.9 Å². The molecular formula is C20H33N5O2. The number of likely N-dealkylation sites (tertiary alicyclic amines) is 2. The van der Waals surface area contributed by atoms with E-state index in [0.717, 1.165) is 39.3 Å². The maximum Gasteiger partial charge on any atom is 0.345 e. The smallest absolute Gasteiger partial charge is 0.345 e. The topological polar surface area (TPSA) is 82.2 Å². The number of amidine groups is 1. The molecule has 4 atom stereocenters. The normalized spacial score (nSPS) is 34.5. The molecular weight excluding hydrogens is 342 g/mol. The minimum absolute atomic E-state index is 0.191. The molecule has 0 bridgehead atoms. The number of piperidine rings is 1. The minimum Gasteiger partial charge on any atom is -0.387 e. The van der Waals surface area contributed by atoms with Crippen LogP contribution in [0.15, 0.2) is 4.99 Å². The van der Waals surface area contributed by atoms with Crippen LogP contribution in [0.5, 0.6) is 0 Å². The summed E-state index contributed by atoms with van der Waals surface area (Å²) in [6.45, 7) is 11.2. The highest BCUT2D eigenvalue weighted by Crippen LogP contribution is 2.55. The number of urea groups is 1. The van der Waals surface area contributed by atoms with Crippen molar-refractivity contribution in [1.82, 2.24) is 14.7 Å². The van der Waals surface area contributed by atoms with E-state index in [1.54, 1.807) is 6.92 Å². The first-order chi connectivity index (χ1) is 12.9. The molecule has 7 heteroatoms. The van der Waals surface area contributed by atoms with Gasteiger partial charge in [0.1, 0.15) is 5.84 Å². The monoisotopic (exact) mass is 375 g/mol. The molecule has 1 spiro atoms. The first kappa shape index (κ1) is 18.7. The maximum absolute atomic E-state index is 12.6. The van der Waals surface area contributed by atoms with E-state index in [-0.39, 0.29) is 11.9 Å². The fourth-order valence-electron chi connectivity index (χ4n) is 5.87. The van der Waals surface area contributed by atoms with Crippen LogP contribution in [0, 0.1) is 23.2 Å². The minimum atomic E-state index is -0.191. The van der Waals surface area contributed by atoms with Crippen molar-refractivity contribution in [3.63, 3.8) is 0 Å². The average Bonchev–Trinajstić information content (AvgIpc) is 2.97. The molecule has 150 valence electrons. The molecule has 3 unspecified atom stereocenters. The zero-order valence-corrected chi connectivity index (χ0v) is 16.9. The Kier molecular flexibility index (Phi) is 4.69. The molecule has 4 aliphatic rings. The van der Waals surface area contributed by atoms with Crippen molar-refractivity contribution in [1.29, 1.82) is 0 Å². The molecule has 0 radical (unpaired) electrons. The molecule has 0 aromatic carbocycles. The SMILES string of the molecule is CCN(CC)C(=O)C1C2CN(C3CCC4(C3)CN(C(=O)/N=C(/C)N)C4)C[C@H]21. The van der Waals surface area contributed by atoms with E-state index in [0.29, 0.717) is 35.0 Å². The molecule has 2 saturated carbocycles. The van der Waals surface area contributed by atoms with Gasteiger partial charge in [0.2, 0.25) is 5.91 Å². The fraction of sp³-hybridized carbons (Fsp3) is 0.850. The number of amides is 3. The van der Waals surface area contributed by atoms with Gasteiger partial charge in [0, 0.05) is 56.6 Å². The summed E-state index contributed by atoms with van der Waals surface area (Å²) in [6.07, 6.45) is 3.59. The summed E-state index contributed by atoms with van der Waals surface area (Å²) in [4.78, 5) is 34.9. The van der Waals surface area contributed by atoms with E-state index in [2.05, 4.69) is 23.7 Å². The number of carbonyl (C=O) groups excluding carboxylic acids is 2. The third-order valence-corrected chi connectivity index (χ3v) is 7.37. The van der Waals surface area contributed by atoms with Gasteiger partial charge in [0.05, 0.1) is 0 Å². The molecule has 2 saturated heterocycles. The van der Waals surface area contributed by atoms with Crippen molar-refractivity contribution in [2.45, 2.75) is 46.1 Å². The maximum atomic E-state index is 12.6. The predicted molar refractivity (Wildman–Crippen MR) is 104 cm³/mol. The number of carbonyl (C=O) groups is 2. The number of fused-ring (bicyclic) bond motifs is 1. The van der Waals surface area contributed by atoms with Gasteiger partial charge < -0.3 is 15.5 Å². The highest BCUT2D eigenvalue weighted by Gasteiger charge is 2.62. The molecule has 2 heterocycles. The number of aliphatic imine (C=N–C) groups is 1. The molecule has 4 rings (SSSR count). The summed E-state index contributed by atoms with van der Waals surface area (Å²) in [5, 5.41) is 0. The summed E-state index contributed by atoms with van der Waals surface area (Å²) in [6, 6.07) is 0.434. The lowest BCUT2D eigenvalue weighted by Gasteiger charge is -2.47. The van der Waals surface area contributed by atoms with Crippen LogP contribution >= 0.6 is 0 Å². The molecule has 4 fully saturated rings. The molecule has 0 aromatic heterocycles. The summed E-state index contributed by atoms with van der Waals surface area (Å²) >= 11 is 0. The van der Waals surface area contributed by atoms with Gasteiger partial charge in [-0.25, -0.2) is 4.79 Å². The zero-order chi connectivity index (χ0) is 19.3. The van der Waals surface area contributed by atoms with Gasteiger partial charge in [0.15, 0.2) is 0 Å². The van der Waals surface area contributed by atoms with Crippen LogP contribution in [0.4, 0.5) is 4.79 Å². The first-order valence-corrected chi connectivity index (χ1v) is 10.5. The molecule has 3 amide bonds. The van der Waals surface area contributed by atoms with E-state index in [1.165, 1.54) is 19.3 Å². The van der Waals surface area contributed by atoms with Crippen LogP contribution in [0.3, 0.4) is 0 Å². The Hall–Kier alpha value is -1.63. The van der Waals surface area contributed by atoms with Crippen molar-refractivity contribution in [2.75, 3.05) is 39.3 Å². The number of rotatable bonds is 4. The molecule has 2 aliphatic heterocycles. The number of nitrogens with two attached hydrogens (primary N) is 1. The van der Waals surface area contributed by atoms with Crippen LogP contribution in [0.2, 0.25) is 0 Å². The second-order valence-electron chi connectivity index (χ2n) is 9.11. The van der Waals surface area contributed by atoms with Gasteiger partial charge in [-0.15, -0.1) is 0 Å². The third kappa shape index (κ3) is 3.24. The Labute approximate surface area is 161 Å². The molecule has 2 N–H and O–H groups in total. The largest absolute Gasteiger partial charge is 0.387 e. The summed E-state index contributed by atoms with van der Waals surface area (Å²) in [5.41, 5.74) is 5.81. The lowest BCUT2D eigenvalue weighted by Crippen LogP contribution is -2.57. The number of nitrogens with zero attached hydrogens (tertiary/aromatic N) is 4. The third-order valence-electron chi connectivity index (χ3n) is 7.37. The highest BCUT2D eigenvalue weighted by molar-refractivity contribution is 5.91. The average molecular weight is 376 g/mol. The van der Waals surface area contributed by atoms with Gasteiger partial charge >= 0.3 is 6.03 Å². The van der Waals surface area contributed by atoms with Gasteiger partial charge in [-0.1, -0.05) is 0 Å². The summed E-state index contributed by atoms with van der Waals surface area (Å²) in [5.74, 6) is 2.15. The van der Waals surface area contributed by atoms with Crippen molar-refractivity contribution in [3.8, 4) is 0 Å². The van der Waals surface area contributed by atoms with Crippen molar-refractivity contribution >= 4 is 17.8 Å². The summed E-state index contributed by atoms with van der Waals surface area (Å²) < 4.78 is 0. The summed E-state index contributed by atoms with van der Waals surface area (Å²) in [7, 11) is 0. The second-order valence-corrected chi connectivity index (χ2v) is 9.11. The first-order valence-electron chi connectivity index (χ1n) is 10.5. The predicted octanol–water partition coefficient (Wildman–Crippen LogP) is 1.38. The molecule has 0 aromatic rings. The van der Waals surface area contributed by atoms with E-state index in [1.807, 2.05) is 9.80 Å². The van der Waals surface area contributed by atoms with Gasteiger partial charge in [-0.05, 0) is 51.9 Å². The van der Waals surface area contributed by atoms with E-state index in [9.17, 15) is 9.59 Å². The Morgan fingerprint density at radius 1 is 1.19 bits per heavy atom. The quantitative estimate of drug-likeness (QED) is 0.595. The Bertz CT molecular complexity index is 637. The number of hydrogen-bond donors (Lipinski definition) is 1. The van der Waals surface area contributed by atoms with Crippen molar-refractivity contribution < 1.29 is 9.59 Å². The lowest BCUT2D eigenvalue weighted by atomic mass is 9.78. The fourth-order valence-corrected chi connectivity index (χ4v) is 5.87. The molecule has 7 nitrogen and oxygen atoms in total. The van der Waals surface area contributed by atoms with Crippen LogP contribution in [-0.2, 0) is 4.79 Å². The van der Waals surface area contributed by atoms with E-state index < -0.39 is 0 Å². The Morgan fingerprint density at radius 3 is 2.37 bits per heavy atom. The Morgan fingerprint density at radius 2 is 1.81 bits per heavy atom. The van der Waals surface area contributed by atoms with E-state index >= 15 is 0 Å². The number of hydrogen-bond acceptors (Lipinski definition) is 3.